The highest BCUT2D eigenvalue weighted by Crippen LogP contribution is 2.27. The predicted octanol–water partition coefficient (Wildman–Crippen LogP) is 2.73. The number of carbonyl (C=O) groups is 2. The summed E-state index contributed by atoms with van der Waals surface area (Å²) in [6.07, 6.45) is 1.10. The molecule has 0 aromatic heterocycles. The zero-order valence-corrected chi connectivity index (χ0v) is 10.3. The molecular weight excluding hydrogens is 232 g/mol. The maximum Gasteiger partial charge on any atom is 0.146 e. The van der Waals surface area contributed by atoms with Crippen LogP contribution in [-0.2, 0) is 9.59 Å². The predicted molar refractivity (Wildman–Crippen MR) is 57.1 cm³/mol. The van der Waals surface area contributed by atoms with Gasteiger partial charge in [-0.2, -0.15) is 0 Å². The molecule has 0 N–H and O–H groups in total. The first-order chi connectivity index (χ1) is 5.81. The van der Waals surface area contributed by atoms with Gasteiger partial charge in [0.2, 0.25) is 0 Å². The fourth-order valence-electron chi connectivity index (χ4n) is 0.927. The Morgan fingerprint density at radius 3 is 2.15 bits per heavy atom. The summed E-state index contributed by atoms with van der Waals surface area (Å²) in [5.74, 6) is 0.287. The molecule has 0 heterocycles. The molecule has 0 bridgehead atoms. The Balaban J connectivity index is 4.27. The van der Waals surface area contributed by atoms with Gasteiger partial charge in [0.1, 0.15) is 11.6 Å². The first-order valence-corrected chi connectivity index (χ1v) is 5.40. The minimum absolute atomic E-state index is 0.126. The first kappa shape index (κ1) is 12.8. The molecule has 0 aliphatic rings. The van der Waals surface area contributed by atoms with Gasteiger partial charge in [0.15, 0.2) is 0 Å². The van der Waals surface area contributed by atoms with Gasteiger partial charge in [-0.1, -0.05) is 36.7 Å². The van der Waals surface area contributed by atoms with Crippen molar-refractivity contribution in [1.82, 2.24) is 0 Å². The maximum atomic E-state index is 11.3. The second-order valence-corrected chi connectivity index (χ2v) is 5.04. The molecule has 0 aliphatic heterocycles. The lowest BCUT2D eigenvalue weighted by Gasteiger charge is -2.23. The third kappa shape index (κ3) is 4.03. The van der Waals surface area contributed by atoms with E-state index >= 15 is 0 Å². The lowest BCUT2D eigenvalue weighted by atomic mass is 9.83. The van der Waals surface area contributed by atoms with Crippen LogP contribution in [0.3, 0.4) is 0 Å². The van der Waals surface area contributed by atoms with Crippen molar-refractivity contribution in [3.05, 3.63) is 0 Å². The third-order valence-corrected chi connectivity index (χ3v) is 3.17. The van der Waals surface area contributed by atoms with Crippen LogP contribution in [0.25, 0.3) is 0 Å². The van der Waals surface area contributed by atoms with E-state index in [1.165, 1.54) is 0 Å². The van der Waals surface area contributed by atoms with Crippen LogP contribution < -0.4 is 0 Å². The van der Waals surface area contributed by atoms with Gasteiger partial charge >= 0.3 is 0 Å². The van der Waals surface area contributed by atoms with Gasteiger partial charge in [0.05, 0.1) is 4.83 Å². The average molecular weight is 249 g/mol. The largest absolute Gasteiger partial charge is 0.299 e. The number of hydrogen-bond acceptors (Lipinski definition) is 2. The highest BCUT2D eigenvalue weighted by Gasteiger charge is 2.29. The number of carbonyl (C=O) groups excluding carboxylic acids is 2. The van der Waals surface area contributed by atoms with E-state index in [0.717, 1.165) is 0 Å². The van der Waals surface area contributed by atoms with E-state index in [1.54, 1.807) is 6.92 Å². The van der Waals surface area contributed by atoms with Crippen LogP contribution in [0.1, 0.15) is 40.5 Å². The monoisotopic (exact) mass is 248 g/mol. The van der Waals surface area contributed by atoms with E-state index in [9.17, 15) is 9.59 Å². The molecule has 2 nitrogen and oxygen atoms in total. The number of hydrogen-bond donors (Lipinski definition) is 0. The van der Waals surface area contributed by atoms with Crippen molar-refractivity contribution in [2.24, 2.45) is 5.41 Å². The SMILES string of the molecule is CCC(=O)C(Br)CC(C)(C)C(C)=O. The number of Topliss-reactive ketones (excluding diaryl/α,β-unsaturated/α-hetero) is 2. The molecule has 0 aromatic carbocycles. The van der Waals surface area contributed by atoms with Gasteiger partial charge in [-0.15, -0.1) is 0 Å². The summed E-state index contributed by atoms with van der Waals surface area (Å²) in [5, 5.41) is 0. The van der Waals surface area contributed by atoms with Crippen molar-refractivity contribution >= 4 is 27.5 Å². The fourth-order valence-corrected chi connectivity index (χ4v) is 2.06. The van der Waals surface area contributed by atoms with Gasteiger partial charge in [0.25, 0.3) is 0 Å². The van der Waals surface area contributed by atoms with Gasteiger partial charge in [-0.05, 0) is 13.3 Å². The maximum absolute atomic E-state index is 11.3. The lowest BCUT2D eigenvalue weighted by Crippen LogP contribution is -2.28. The van der Waals surface area contributed by atoms with Crippen molar-refractivity contribution in [3.63, 3.8) is 0 Å². The standard InChI is InChI=1S/C10H17BrO2/c1-5-9(13)8(11)6-10(3,4)7(2)12/h8H,5-6H2,1-4H3. The van der Waals surface area contributed by atoms with Crippen LogP contribution >= 0.6 is 15.9 Å². The van der Waals surface area contributed by atoms with Crippen LogP contribution in [0.5, 0.6) is 0 Å². The Bertz CT molecular complexity index is 209. The Kier molecular flexibility index (Phi) is 4.82. The molecule has 1 unspecified atom stereocenters. The molecule has 0 saturated heterocycles. The smallest absolute Gasteiger partial charge is 0.146 e. The van der Waals surface area contributed by atoms with Crippen molar-refractivity contribution in [2.75, 3.05) is 0 Å². The first-order valence-electron chi connectivity index (χ1n) is 4.49. The van der Waals surface area contributed by atoms with E-state index in [-0.39, 0.29) is 16.4 Å². The minimum Gasteiger partial charge on any atom is -0.299 e. The van der Waals surface area contributed by atoms with E-state index in [2.05, 4.69) is 15.9 Å². The van der Waals surface area contributed by atoms with E-state index in [0.29, 0.717) is 12.8 Å². The molecule has 0 amide bonds. The highest BCUT2D eigenvalue weighted by molar-refractivity contribution is 9.10. The van der Waals surface area contributed by atoms with Crippen molar-refractivity contribution in [3.8, 4) is 0 Å². The zero-order chi connectivity index (χ0) is 10.6. The quantitative estimate of drug-likeness (QED) is 0.702. The Morgan fingerprint density at radius 2 is 1.85 bits per heavy atom. The summed E-state index contributed by atoms with van der Waals surface area (Å²) < 4.78 is 0. The van der Waals surface area contributed by atoms with Gasteiger partial charge in [-0.3, -0.25) is 9.59 Å². The lowest BCUT2D eigenvalue weighted by molar-refractivity contribution is -0.125. The average Bonchev–Trinajstić information content (AvgIpc) is 2.01. The van der Waals surface area contributed by atoms with Crippen molar-refractivity contribution < 1.29 is 9.59 Å². The van der Waals surface area contributed by atoms with Crippen molar-refractivity contribution in [1.29, 1.82) is 0 Å². The van der Waals surface area contributed by atoms with Crippen LogP contribution in [-0.4, -0.2) is 16.4 Å². The van der Waals surface area contributed by atoms with Crippen molar-refractivity contribution in [2.45, 2.75) is 45.4 Å². The fraction of sp³-hybridized carbons (Fsp3) is 0.800. The molecule has 0 radical (unpaired) electrons. The molecule has 0 rings (SSSR count). The highest BCUT2D eigenvalue weighted by atomic mass is 79.9. The molecule has 3 heteroatoms. The van der Waals surface area contributed by atoms with Gasteiger partial charge in [-0.25, -0.2) is 0 Å². The second kappa shape index (κ2) is 4.89. The summed E-state index contributed by atoms with van der Waals surface area (Å²) in [5.41, 5.74) is -0.404. The number of halogens is 1. The number of ketones is 2. The van der Waals surface area contributed by atoms with Crippen LogP contribution in [0.2, 0.25) is 0 Å². The molecule has 0 aromatic rings. The zero-order valence-electron chi connectivity index (χ0n) is 8.69. The molecule has 1 atom stereocenters. The Hall–Kier alpha value is -0.180. The van der Waals surface area contributed by atoms with Crippen LogP contribution in [0.4, 0.5) is 0 Å². The Labute approximate surface area is 88.2 Å². The summed E-state index contributed by atoms with van der Waals surface area (Å²) in [7, 11) is 0. The Morgan fingerprint density at radius 1 is 1.38 bits per heavy atom. The van der Waals surface area contributed by atoms with E-state index in [1.807, 2.05) is 20.8 Å². The van der Waals surface area contributed by atoms with Gasteiger partial charge in [0, 0.05) is 11.8 Å². The summed E-state index contributed by atoms with van der Waals surface area (Å²) in [6, 6.07) is 0. The molecule has 0 saturated carbocycles. The second-order valence-electron chi connectivity index (χ2n) is 3.93. The number of rotatable bonds is 5. The van der Waals surface area contributed by atoms with E-state index in [4.69, 9.17) is 0 Å². The minimum atomic E-state index is -0.404. The topological polar surface area (TPSA) is 34.1 Å². The molecule has 0 aliphatic carbocycles. The summed E-state index contributed by atoms with van der Waals surface area (Å²) in [6.45, 7) is 7.13. The van der Waals surface area contributed by atoms with E-state index < -0.39 is 5.41 Å². The summed E-state index contributed by atoms with van der Waals surface area (Å²) in [4.78, 5) is 22.2. The molecule has 0 fully saturated rings. The molecular formula is C10H17BrO2. The third-order valence-electron chi connectivity index (χ3n) is 2.34. The normalized spacial score (nSPS) is 13.9. The molecule has 76 valence electrons. The molecule has 0 spiro atoms. The van der Waals surface area contributed by atoms with Crippen LogP contribution in [0.15, 0.2) is 0 Å². The van der Waals surface area contributed by atoms with Gasteiger partial charge < -0.3 is 0 Å². The summed E-state index contributed by atoms with van der Waals surface area (Å²) >= 11 is 3.31. The molecule has 13 heavy (non-hydrogen) atoms. The number of alkyl halides is 1. The van der Waals surface area contributed by atoms with Crippen LogP contribution in [0, 0.1) is 5.41 Å².